The van der Waals surface area contributed by atoms with Gasteiger partial charge in [0.25, 0.3) is 11.8 Å². The summed E-state index contributed by atoms with van der Waals surface area (Å²) in [5.41, 5.74) is 0.926. The minimum atomic E-state index is -3.33. The zero-order valence-corrected chi connectivity index (χ0v) is 10.5. The molecule has 2 rings (SSSR count). The molecule has 1 aromatic carbocycles. The third kappa shape index (κ3) is 3.39. The molecule has 1 aromatic heterocycles. The summed E-state index contributed by atoms with van der Waals surface area (Å²) in [5, 5.41) is 14.5. The van der Waals surface area contributed by atoms with Crippen molar-refractivity contribution in [3.05, 3.63) is 48.3 Å². The molecule has 0 atom stereocenters. The average molecular weight is 281 g/mol. The molecule has 0 unspecified atom stereocenters. The van der Waals surface area contributed by atoms with Gasteiger partial charge >= 0.3 is 0 Å². The van der Waals surface area contributed by atoms with Crippen LogP contribution in [0.4, 0.5) is 8.78 Å². The molecule has 0 spiro atoms. The number of rotatable bonds is 5. The number of carbonyl (C=O) groups excluding carboxylic acids is 1. The monoisotopic (exact) mass is 281 g/mol. The SMILES string of the molecule is O=C(NCC(F)(F)CO)c1cnn(-c2ccccc2)c1. The highest BCUT2D eigenvalue weighted by molar-refractivity contribution is 5.93. The Morgan fingerprint density at radius 2 is 2.05 bits per heavy atom. The second-order valence-corrected chi connectivity index (χ2v) is 4.21. The van der Waals surface area contributed by atoms with Gasteiger partial charge < -0.3 is 10.4 Å². The van der Waals surface area contributed by atoms with Crippen molar-refractivity contribution in [1.29, 1.82) is 0 Å². The lowest BCUT2D eigenvalue weighted by molar-refractivity contribution is -0.0462. The van der Waals surface area contributed by atoms with Crippen LogP contribution in [0.1, 0.15) is 10.4 Å². The molecule has 1 heterocycles. The number of hydrogen-bond donors (Lipinski definition) is 2. The maximum atomic E-state index is 12.8. The van der Waals surface area contributed by atoms with Gasteiger partial charge in [-0.25, -0.2) is 13.5 Å². The van der Waals surface area contributed by atoms with E-state index in [0.717, 1.165) is 5.69 Å². The number of nitrogens with one attached hydrogen (secondary N) is 1. The summed E-state index contributed by atoms with van der Waals surface area (Å²) in [6, 6.07) is 9.08. The first-order valence-corrected chi connectivity index (χ1v) is 5.89. The molecule has 0 aliphatic carbocycles. The minimum Gasteiger partial charge on any atom is -0.390 e. The molecule has 20 heavy (non-hydrogen) atoms. The van der Waals surface area contributed by atoms with Crippen molar-refractivity contribution in [3.63, 3.8) is 0 Å². The molecule has 0 aliphatic heterocycles. The fraction of sp³-hybridized carbons (Fsp3) is 0.231. The van der Waals surface area contributed by atoms with Crippen molar-refractivity contribution < 1.29 is 18.7 Å². The van der Waals surface area contributed by atoms with Crippen molar-refractivity contribution in [2.75, 3.05) is 13.2 Å². The molecule has 0 bridgehead atoms. The van der Waals surface area contributed by atoms with E-state index >= 15 is 0 Å². The predicted molar refractivity (Wildman–Crippen MR) is 67.9 cm³/mol. The quantitative estimate of drug-likeness (QED) is 0.866. The van der Waals surface area contributed by atoms with E-state index in [4.69, 9.17) is 5.11 Å². The van der Waals surface area contributed by atoms with E-state index in [2.05, 4.69) is 10.4 Å². The highest BCUT2D eigenvalue weighted by Crippen LogP contribution is 2.11. The molecule has 2 N–H and O–H groups in total. The van der Waals surface area contributed by atoms with Gasteiger partial charge in [-0.1, -0.05) is 18.2 Å². The number of alkyl halides is 2. The van der Waals surface area contributed by atoms with Crippen LogP contribution in [-0.2, 0) is 0 Å². The Hall–Kier alpha value is -2.28. The Bertz CT molecular complexity index is 584. The zero-order chi connectivity index (χ0) is 14.6. The van der Waals surface area contributed by atoms with Crippen LogP contribution < -0.4 is 5.32 Å². The van der Waals surface area contributed by atoms with Gasteiger partial charge in [0.15, 0.2) is 0 Å². The molecule has 2 aromatic rings. The first-order chi connectivity index (χ1) is 9.52. The highest BCUT2D eigenvalue weighted by Gasteiger charge is 2.28. The van der Waals surface area contributed by atoms with Gasteiger partial charge in [0, 0.05) is 6.20 Å². The fourth-order valence-corrected chi connectivity index (χ4v) is 1.53. The number of halogens is 2. The third-order valence-electron chi connectivity index (χ3n) is 2.60. The second kappa shape index (κ2) is 5.79. The predicted octanol–water partition coefficient (Wildman–Crippen LogP) is 1.23. The Labute approximate surface area is 113 Å². The van der Waals surface area contributed by atoms with Gasteiger partial charge in [0.1, 0.15) is 6.61 Å². The number of aliphatic hydroxyl groups excluding tert-OH is 1. The molecule has 0 aliphatic rings. The van der Waals surface area contributed by atoms with E-state index in [1.807, 2.05) is 18.2 Å². The molecule has 106 valence electrons. The molecule has 1 amide bonds. The molecule has 5 nitrogen and oxygen atoms in total. The fourth-order valence-electron chi connectivity index (χ4n) is 1.53. The van der Waals surface area contributed by atoms with Crippen LogP contribution in [0.15, 0.2) is 42.7 Å². The van der Waals surface area contributed by atoms with Crippen LogP contribution in [0.3, 0.4) is 0 Å². The lowest BCUT2D eigenvalue weighted by Crippen LogP contribution is -2.38. The van der Waals surface area contributed by atoms with E-state index in [-0.39, 0.29) is 5.56 Å². The van der Waals surface area contributed by atoms with Gasteiger partial charge in [-0.05, 0) is 12.1 Å². The van der Waals surface area contributed by atoms with E-state index in [9.17, 15) is 13.6 Å². The normalized spacial score (nSPS) is 11.3. The van der Waals surface area contributed by atoms with E-state index < -0.39 is 25.0 Å². The van der Waals surface area contributed by atoms with Crippen LogP contribution in [0.5, 0.6) is 0 Å². The number of nitrogens with zero attached hydrogens (tertiary/aromatic N) is 2. The Kier molecular flexibility index (Phi) is 4.09. The van der Waals surface area contributed by atoms with Gasteiger partial charge in [-0.2, -0.15) is 5.10 Å². The summed E-state index contributed by atoms with van der Waals surface area (Å²) in [6.45, 7) is -2.23. The number of aliphatic hydroxyl groups is 1. The van der Waals surface area contributed by atoms with E-state index in [1.54, 1.807) is 12.1 Å². The van der Waals surface area contributed by atoms with E-state index in [1.165, 1.54) is 17.1 Å². The smallest absolute Gasteiger partial charge is 0.287 e. The van der Waals surface area contributed by atoms with Crippen LogP contribution >= 0.6 is 0 Å². The summed E-state index contributed by atoms with van der Waals surface area (Å²) in [5.74, 6) is -3.99. The van der Waals surface area contributed by atoms with Crippen LogP contribution in [-0.4, -0.2) is 39.9 Å². The molecule has 7 heteroatoms. The van der Waals surface area contributed by atoms with E-state index in [0.29, 0.717) is 0 Å². The van der Waals surface area contributed by atoms with Crippen molar-refractivity contribution in [2.24, 2.45) is 0 Å². The van der Waals surface area contributed by atoms with Gasteiger partial charge in [-0.3, -0.25) is 4.79 Å². The maximum absolute atomic E-state index is 12.8. The van der Waals surface area contributed by atoms with Crippen molar-refractivity contribution in [1.82, 2.24) is 15.1 Å². The third-order valence-corrected chi connectivity index (χ3v) is 2.60. The topological polar surface area (TPSA) is 67.2 Å². The first-order valence-electron chi connectivity index (χ1n) is 5.89. The second-order valence-electron chi connectivity index (χ2n) is 4.21. The summed E-state index contributed by atoms with van der Waals surface area (Å²) in [6.07, 6.45) is 2.74. The van der Waals surface area contributed by atoms with Crippen LogP contribution in [0, 0.1) is 0 Å². The summed E-state index contributed by atoms with van der Waals surface area (Å²) in [4.78, 5) is 11.7. The number of carbonyl (C=O) groups is 1. The molecule has 0 saturated heterocycles. The maximum Gasteiger partial charge on any atom is 0.287 e. The summed E-state index contributed by atoms with van der Waals surface area (Å²) < 4.78 is 27.1. The molecular formula is C13H13F2N3O2. The number of aromatic nitrogens is 2. The molecule has 0 saturated carbocycles. The first kappa shape index (κ1) is 14.1. The minimum absolute atomic E-state index is 0.169. The average Bonchev–Trinajstić information content (AvgIpc) is 2.96. The Morgan fingerprint density at radius 3 is 2.70 bits per heavy atom. The molecule has 0 fully saturated rings. The summed E-state index contributed by atoms with van der Waals surface area (Å²) >= 11 is 0. The van der Waals surface area contributed by atoms with Gasteiger partial charge in [0.2, 0.25) is 0 Å². The number of benzene rings is 1. The van der Waals surface area contributed by atoms with Crippen LogP contribution in [0.25, 0.3) is 5.69 Å². The summed E-state index contributed by atoms with van der Waals surface area (Å²) in [7, 11) is 0. The highest BCUT2D eigenvalue weighted by atomic mass is 19.3. The number of para-hydroxylation sites is 1. The van der Waals surface area contributed by atoms with Gasteiger partial charge in [-0.15, -0.1) is 0 Å². The van der Waals surface area contributed by atoms with Gasteiger partial charge in [0.05, 0.1) is 24.0 Å². The zero-order valence-electron chi connectivity index (χ0n) is 10.5. The standard InChI is InChI=1S/C13H13F2N3O2/c14-13(15,9-19)8-16-12(20)10-6-17-18(7-10)11-4-2-1-3-5-11/h1-7,19H,8-9H2,(H,16,20). The number of amides is 1. The Morgan fingerprint density at radius 1 is 1.35 bits per heavy atom. The Balaban J connectivity index is 2.04. The van der Waals surface area contributed by atoms with Crippen molar-refractivity contribution in [3.8, 4) is 5.69 Å². The molecule has 0 radical (unpaired) electrons. The largest absolute Gasteiger partial charge is 0.390 e. The lowest BCUT2D eigenvalue weighted by Gasteiger charge is -2.13. The van der Waals surface area contributed by atoms with Crippen LogP contribution in [0.2, 0.25) is 0 Å². The van der Waals surface area contributed by atoms with Crippen molar-refractivity contribution >= 4 is 5.91 Å². The lowest BCUT2D eigenvalue weighted by atomic mass is 10.3. The van der Waals surface area contributed by atoms with Crippen molar-refractivity contribution in [2.45, 2.75) is 5.92 Å². The molecular weight excluding hydrogens is 268 g/mol. The number of hydrogen-bond acceptors (Lipinski definition) is 3.